The lowest BCUT2D eigenvalue weighted by molar-refractivity contribution is 0.372. The summed E-state index contributed by atoms with van der Waals surface area (Å²) in [5, 5.41) is 16.8. The smallest absolute Gasteiger partial charge is 0.178 e. The van der Waals surface area contributed by atoms with E-state index in [4.69, 9.17) is 0 Å². The van der Waals surface area contributed by atoms with Crippen molar-refractivity contribution in [2.75, 3.05) is 5.32 Å². The second-order valence-corrected chi connectivity index (χ2v) is 11.8. The molecule has 2 aromatic heterocycles. The molecule has 3 unspecified atom stereocenters. The number of hydrogen-bond donors (Lipinski definition) is 2. The maximum absolute atomic E-state index is 4.54. The maximum Gasteiger partial charge on any atom is 0.178 e. The van der Waals surface area contributed by atoms with Gasteiger partial charge in [0, 0.05) is 21.2 Å². The van der Waals surface area contributed by atoms with Crippen molar-refractivity contribution in [1.29, 1.82) is 0 Å². The lowest BCUT2D eigenvalue weighted by Crippen LogP contribution is -2.22. The SMILES string of the molecule is Brc1cc(Br)cc(C(Nc2ccc3[nH]cnc3c2)c2nnnn2CCC(C2=CC=CCC2)C2C=CC=CC2)c1. The predicted molar refractivity (Wildman–Crippen MR) is 162 cm³/mol. The van der Waals surface area contributed by atoms with Crippen LogP contribution in [0.1, 0.15) is 43.1 Å². The molecule has 0 radical (unpaired) electrons. The molecule has 3 atom stereocenters. The summed E-state index contributed by atoms with van der Waals surface area (Å²) in [7, 11) is 0. The number of allylic oxidation sites excluding steroid dienone is 8. The molecular formula is C30H29Br2N7. The number of aromatic nitrogens is 6. The van der Waals surface area contributed by atoms with Crippen LogP contribution in [0, 0.1) is 11.8 Å². The molecule has 0 amide bonds. The molecule has 0 fully saturated rings. The fourth-order valence-corrected chi connectivity index (χ4v) is 6.90. The number of benzene rings is 2. The molecule has 7 nitrogen and oxygen atoms in total. The van der Waals surface area contributed by atoms with E-state index in [1.165, 1.54) is 5.57 Å². The van der Waals surface area contributed by atoms with E-state index in [2.05, 4.69) is 123 Å². The van der Waals surface area contributed by atoms with Crippen molar-refractivity contribution < 1.29 is 0 Å². The van der Waals surface area contributed by atoms with Crippen molar-refractivity contribution in [3.05, 3.63) is 111 Å². The fraction of sp³-hybridized carbons (Fsp3) is 0.267. The van der Waals surface area contributed by atoms with Gasteiger partial charge in [0.05, 0.1) is 17.4 Å². The number of anilines is 1. The van der Waals surface area contributed by atoms with Crippen molar-refractivity contribution in [2.24, 2.45) is 11.8 Å². The van der Waals surface area contributed by atoms with Gasteiger partial charge >= 0.3 is 0 Å². The van der Waals surface area contributed by atoms with Crippen LogP contribution in [0.3, 0.4) is 0 Å². The van der Waals surface area contributed by atoms with Gasteiger partial charge in [-0.3, -0.25) is 0 Å². The number of aromatic amines is 1. The Hall–Kier alpha value is -3.30. The lowest BCUT2D eigenvalue weighted by Gasteiger charge is -2.29. The fourth-order valence-electron chi connectivity index (χ4n) is 5.57. The molecule has 2 aliphatic carbocycles. The average molecular weight is 647 g/mol. The average Bonchev–Trinajstić information content (AvgIpc) is 3.62. The lowest BCUT2D eigenvalue weighted by atomic mass is 9.77. The summed E-state index contributed by atoms with van der Waals surface area (Å²) in [5.74, 6) is 1.71. The van der Waals surface area contributed by atoms with E-state index in [1.807, 2.05) is 22.9 Å². The summed E-state index contributed by atoms with van der Waals surface area (Å²) < 4.78 is 3.93. The molecule has 0 saturated carbocycles. The first kappa shape index (κ1) is 26.0. The van der Waals surface area contributed by atoms with Crippen LogP contribution in [-0.4, -0.2) is 30.2 Å². The molecule has 0 saturated heterocycles. The first-order chi connectivity index (χ1) is 19.1. The van der Waals surface area contributed by atoms with Crippen molar-refractivity contribution >= 4 is 48.6 Å². The van der Waals surface area contributed by atoms with E-state index in [0.29, 0.717) is 11.8 Å². The van der Waals surface area contributed by atoms with E-state index in [0.717, 1.165) is 69.3 Å². The van der Waals surface area contributed by atoms with E-state index in [9.17, 15) is 0 Å². The normalized spacial score (nSPS) is 18.3. The number of fused-ring (bicyclic) bond motifs is 1. The standard InChI is InChI=1S/C30H29Br2N7/c31-23-15-22(16-24(32)17-23)29(35-25-11-12-27-28(18-25)34-19-33-27)30-36-37-38-39(30)14-13-26(20-7-3-1-4-8-20)21-9-5-2-6-10-21/h1-5,7,9,11-12,15-20,26,29,35H,6,8,10,13-14H2,(H,33,34). The monoisotopic (exact) mass is 645 g/mol. The summed E-state index contributed by atoms with van der Waals surface area (Å²) in [5.41, 5.74) is 5.42. The van der Waals surface area contributed by atoms with Crippen molar-refractivity contribution in [2.45, 2.75) is 38.3 Å². The van der Waals surface area contributed by atoms with Gasteiger partial charge in [0.2, 0.25) is 0 Å². The predicted octanol–water partition coefficient (Wildman–Crippen LogP) is 7.69. The largest absolute Gasteiger partial charge is 0.371 e. The molecule has 0 aliphatic heterocycles. The first-order valence-corrected chi connectivity index (χ1v) is 14.8. The van der Waals surface area contributed by atoms with Crippen LogP contribution >= 0.6 is 31.9 Å². The molecule has 6 rings (SSSR count). The van der Waals surface area contributed by atoms with Gasteiger partial charge in [-0.2, -0.15) is 0 Å². The second kappa shape index (κ2) is 11.8. The highest BCUT2D eigenvalue weighted by molar-refractivity contribution is 9.11. The zero-order valence-electron chi connectivity index (χ0n) is 21.3. The summed E-state index contributed by atoms with van der Waals surface area (Å²) >= 11 is 7.32. The molecule has 9 heteroatoms. The summed E-state index contributed by atoms with van der Waals surface area (Å²) in [6.07, 6.45) is 21.7. The molecule has 4 aromatic rings. The Kier molecular flexibility index (Phi) is 7.88. The van der Waals surface area contributed by atoms with Gasteiger partial charge in [-0.05, 0) is 89.9 Å². The molecule has 0 bridgehead atoms. The molecular weight excluding hydrogens is 618 g/mol. The van der Waals surface area contributed by atoms with Gasteiger partial charge in [0.15, 0.2) is 5.82 Å². The van der Waals surface area contributed by atoms with Gasteiger partial charge < -0.3 is 10.3 Å². The van der Waals surface area contributed by atoms with Gasteiger partial charge in [-0.1, -0.05) is 80.0 Å². The Bertz CT molecular complexity index is 1560. The quantitative estimate of drug-likeness (QED) is 0.195. The second-order valence-electron chi connectivity index (χ2n) is 9.99. The van der Waals surface area contributed by atoms with Crippen LogP contribution in [-0.2, 0) is 6.54 Å². The summed E-state index contributed by atoms with van der Waals surface area (Å²) in [6, 6.07) is 12.1. The summed E-state index contributed by atoms with van der Waals surface area (Å²) in [6.45, 7) is 0.730. The number of H-pyrrole nitrogens is 1. The van der Waals surface area contributed by atoms with E-state index in [-0.39, 0.29) is 6.04 Å². The van der Waals surface area contributed by atoms with E-state index >= 15 is 0 Å². The highest BCUT2D eigenvalue weighted by Gasteiger charge is 2.26. The van der Waals surface area contributed by atoms with Crippen LogP contribution in [0.25, 0.3) is 11.0 Å². The van der Waals surface area contributed by atoms with Crippen LogP contribution in [0.15, 0.2) is 99.8 Å². The number of hydrogen-bond acceptors (Lipinski definition) is 5. The number of imidazole rings is 1. The number of halogens is 2. The van der Waals surface area contributed by atoms with Gasteiger partial charge in [-0.15, -0.1) is 5.10 Å². The third-order valence-electron chi connectivity index (χ3n) is 7.47. The van der Waals surface area contributed by atoms with E-state index < -0.39 is 0 Å². The zero-order valence-corrected chi connectivity index (χ0v) is 24.5. The third kappa shape index (κ3) is 5.99. The Balaban J connectivity index is 1.31. The molecule has 39 heavy (non-hydrogen) atoms. The highest BCUT2D eigenvalue weighted by atomic mass is 79.9. The Labute approximate surface area is 244 Å². The molecule has 2 aliphatic rings. The van der Waals surface area contributed by atoms with Crippen molar-refractivity contribution in [3.8, 4) is 0 Å². The van der Waals surface area contributed by atoms with Crippen LogP contribution in [0.5, 0.6) is 0 Å². The number of tetrazole rings is 1. The minimum absolute atomic E-state index is 0.266. The van der Waals surface area contributed by atoms with Crippen molar-refractivity contribution in [3.63, 3.8) is 0 Å². The van der Waals surface area contributed by atoms with Crippen molar-refractivity contribution in [1.82, 2.24) is 30.2 Å². The van der Waals surface area contributed by atoms with Crippen LogP contribution in [0.4, 0.5) is 5.69 Å². The van der Waals surface area contributed by atoms with Crippen LogP contribution < -0.4 is 5.32 Å². The number of nitrogens with one attached hydrogen (secondary N) is 2. The third-order valence-corrected chi connectivity index (χ3v) is 8.39. The Morgan fingerprint density at radius 3 is 2.74 bits per heavy atom. The number of aryl methyl sites for hydroxylation is 1. The molecule has 0 spiro atoms. The topological polar surface area (TPSA) is 84.3 Å². The van der Waals surface area contributed by atoms with Gasteiger partial charge in [0.1, 0.15) is 6.04 Å². The first-order valence-electron chi connectivity index (χ1n) is 13.2. The molecule has 2 N–H and O–H groups in total. The minimum Gasteiger partial charge on any atom is -0.371 e. The maximum atomic E-state index is 4.54. The van der Waals surface area contributed by atoms with Gasteiger partial charge in [0.25, 0.3) is 0 Å². The molecule has 198 valence electrons. The zero-order chi connectivity index (χ0) is 26.6. The Morgan fingerprint density at radius 2 is 1.95 bits per heavy atom. The Morgan fingerprint density at radius 1 is 1.05 bits per heavy atom. The van der Waals surface area contributed by atoms with E-state index in [1.54, 1.807) is 6.33 Å². The summed E-state index contributed by atoms with van der Waals surface area (Å²) in [4.78, 5) is 7.59. The number of nitrogens with zero attached hydrogens (tertiary/aromatic N) is 5. The molecule has 2 aromatic carbocycles. The van der Waals surface area contributed by atoms with Gasteiger partial charge in [-0.25, -0.2) is 9.67 Å². The van der Waals surface area contributed by atoms with Crippen LogP contribution in [0.2, 0.25) is 0 Å². The number of rotatable bonds is 9. The highest BCUT2D eigenvalue weighted by Crippen LogP contribution is 2.35. The molecule has 2 heterocycles. The minimum atomic E-state index is -0.266.